The van der Waals surface area contributed by atoms with Crippen LogP contribution in [-0.2, 0) is 0 Å². The summed E-state index contributed by atoms with van der Waals surface area (Å²) < 4.78 is 0. The summed E-state index contributed by atoms with van der Waals surface area (Å²) in [4.78, 5) is 7.51. The first-order chi connectivity index (χ1) is 10.8. The summed E-state index contributed by atoms with van der Waals surface area (Å²) >= 11 is 0. The van der Waals surface area contributed by atoms with E-state index in [1.807, 2.05) is 0 Å². The molecule has 1 heterocycles. The van der Waals surface area contributed by atoms with E-state index in [2.05, 4.69) is 78.6 Å². The molecule has 0 bridgehead atoms. The van der Waals surface area contributed by atoms with E-state index < -0.39 is 0 Å². The number of hydrogen-bond donors (Lipinski definition) is 0. The van der Waals surface area contributed by atoms with Gasteiger partial charge in [-0.3, -0.25) is 4.99 Å². The van der Waals surface area contributed by atoms with Crippen molar-refractivity contribution in [2.24, 2.45) is 4.99 Å². The average Bonchev–Trinajstić information content (AvgIpc) is 2.95. The molecule has 2 heteroatoms. The first-order valence-electron chi connectivity index (χ1n) is 7.96. The van der Waals surface area contributed by atoms with Gasteiger partial charge in [0.2, 0.25) is 0 Å². The van der Waals surface area contributed by atoms with E-state index in [0.717, 1.165) is 12.8 Å². The van der Waals surface area contributed by atoms with Crippen molar-refractivity contribution < 1.29 is 0 Å². The first-order valence-corrected chi connectivity index (χ1v) is 7.96. The number of rotatable bonds is 2. The Labute approximate surface area is 131 Å². The van der Waals surface area contributed by atoms with Crippen LogP contribution in [-0.4, -0.2) is 11.8 Å². The molecule has 2 atom stereocenters. The van der Waals surface area contributed by atoms with Crippen LogP contribution in [0.4, 0.5) is 5.69 Å². The monoisotopic (exact) mass is 288 g/mol. The van der Waals surface area contributed by atoms with Crippen molar-refractivity contribution in [3.8, 4) is 0 Å². The lowest BCUT2D eigenvalue weighted by molar-refractivity contribution is 0.693. The minimum Gasteiger partial charge on any atom is -0.334 e. The van der Waals surface area contributed by atoms with E-state index in [1.54, 1.807) is 0 Å². The van der Waals surface area contributed by atoms with Gasteiger partial charge in [-0.05, 0) is 43.0 Å². The summed E-state index contributed by atoms with van der Waals surface area (Å²) in [5.41, 5.74) is 5.12. The van der Waals surface area contributed by atoms with Crippen molar-refractivity contribution in [2.45, 2.75) is 32.0 Å². The van der Waals surface area contributed by atoms with Crippen molar-refractivity contribution >= 4 is 11.4 Å². The van der Waals surface area contributed by atoms with Crippen LogP contribution in [0.3, 0.4) is 0 Å². The lowest BCUT2D eigenvalue weighted by Gasteiger charge is -2.32. The number of benzene rings is 2. The maximum absolute atomic E-state index is 5.06. The Kier molecular flexibility index (Phi) is 3.30. The molecule has 2 aromatic rings. The third kappa shape index (κ3) is 2.25. The van der Waals surface area contributed by atoms with Crippen LogP contribution in [0.15, 0.2) is 71.7 Å². The molecule has 22 heavy (non-hydrogen) atoms. The highest BCUT2D eigenvalue weighted by Crippen LogP contribution is 2.38. The van der Waals surface area contributed by atoms with Gasteiger partial charge in [-0.1, -0.05) is 54.6 Å². The van der Waals surface area contributed by atoms with Gasteiger partial charge in [-0.15, -0.1) is 0 Å². The number of aliphatic imine (C=N–C) groups is 1. The second kappa shape index (κ2) is 5.45. The molecule has 2 nitrogen and oxygen atoms in total. The molecule has 0 saturated carbocycles. The second-order valence-corrected chi connectivity index (χ2v) is 6.06. The van der Waals surface area contributed by atoms with Crippen LogP contribution in [0.2, 0.25) is 0 Å². The fourth-order valence-electron chi connectivity index (χ4n) is 3.43. The molecule has 0 radical (unpaired) electrons. The predicted molar refractivity (Wildman–Crippen MR) is 92.4 cm³/mol. The van der Waals surface area contributed by atoms with Gasteiger partial charge >= 0.3 is 0 Å². The van der Waals surface area contributed by atoms with E-state index in [1.165, 1.54) is 22.5 Å². The maximum Gasteiger partial charge on any atom is 0.147 e. The summed E-state index contributed by atoms with van der Waals surface area (Å²) in [6, 6.07) is 19.7. The van der Waals surface area contributed by atoms with Gasteiger partial charge in [0.25, 0.3) is 0 Å². The Morgan fingerprint density at radius 3 is 2.73 bits per heavy atom. The van der Waals surface area contributed by atoms with Crippen LogP contribution in [0.25, 0.3) is 0 Å². The number of anilines is 1. The van der Waals surface area contributed by atoms with Crippen molar-refractivity contribution in [3.05, 3.63) is 77.9 Å². The first kappa shape index (κ1) is 13.3. The molecule has 0 amide bonds. The van der Waals surface area contributed by atoms with Crippen LogP contribution < -0.4 is 4.90 Å². The van der Waals surface area contributed by atoms with E-state index in [4.69, 9.17) is 4.99 Å². The van der Waals surface area contributed by atoms with Gasteiger partial charge in [0, 0.05) is 11.4 Å². The third-order valence-electron chi connectivity index (χ3n) is 4.48. The van der Waals surface area contributed by atoms with Crippen LogP contribution in [0.1, 0.15) is 30.1 Å². The lowest BCUT2D eigenvalue weighted by Crippen LogP contribution is -2.36. The molecule has 110 valence electrons. The average molecular weight is 288 g/mol. The number of allylic oxidation sites excluding steroid dienone is 1. The molecule has 1 aliphatic heterocycles. The second-order valence-electron chi connectivity index (χ2n) is 6.06. The SMILES string of the molecule is Cc1cccc(N2C3C=CCCC3=NC2c2ccccc2)c1. The predicted octanol–water partition coefficient (Wildman–Crippen LogP) is 4.67. The largest absolute Gasteiger partial charge is 0.334 e. The summed E-state index contributed by atoms with van der Waals surface area (Å²) in [5.74, 6) is 0. The zero-order valence-corrected chi connectivity index (χ0v) is 12.8. The zero-order valence-electron chi connectivity index (χ0n) is 12.8. The normalized spacial score (nSPS) is 23.3. The quantitative estimate of drug-likeness (QED) is 0.733. The van der Waals surface area contributed by atoms with E-state index >= 15 is 0 Å². The number of nitrogens with zero attached hydrogens (tertiary/aromatic N) is 2. The Bertz CT molecular complexity index is 730. The highest BCUT2D eigenvalue weighted by atomic mass is 15.3. The third-order valence-corrected chi connectivity index (χ3v) is 4.48. The van der Waals surface area contributed by atoms with E-state index in [-0.39, 0.29) is 6.17 Å². The highest BCUT2D eigenvalue weighted by Gasteiger charge is 2.36. The molecule has 2 unspecified atom stereocenters. The molecule has 2 aromatic carbocycles. The van der Waals surface area contributed by atoms with Gasteiger partial charge < -0.3 is 4.90 Å². The number of aryl methyl sites for hydroxylation is 1. The summed E-state index contributed by atoms with van der Waals surface area (Å²) in [6.07, 6.45) is 6.88. The molecule has 0 saturated heterocycles. The van der Waals surface area contributed by atoms with Crippen LogP contribution in [0.5, 0.6) is 0 Å². The van der Waals surface area contributed by atoms with E-state index in [0.29, 0.717) is 6.04 Å². The fraction of sp³-hybridized carbons (Fsp3) is 0.250. The van der Waals surface area contributed by atoms with Crippen molar-refractivity contribution in [1.82, 2.24) is 0 Å². The summed E-state index contributed by atoms with van der Waals surface area (Å²) in [5, 5.41) is 0. The fourth-order valence-corrected chi connectivity index (χ4v) is 3.43. The maximum atomic E-state index is 5.06. The van der Waals surface area contributed by atoms with Crippen molar-refractivity contribution in [1.29, 1.82) is 0 Å². The number of fused-ring (bicyclic) bond motifs is 1. The molecule has 0 spiro atoms. The molecule has 1 aliphatic carbocycles. The molecule has 0 N–H and O–H groups in total. The van der Waals surface area contributed by atoms with Gasteiger partial charge in [-0.2, -0.15) is 0 Å². The Hall–Kier alpha value is -2.35. The molecular weight excluding hydrogens is 268 g/mol. The Balaban J connectivity index is 1.81. The van der Waals surface area contributed by atoms with Gasteiger partial charge in [-0.25, -0.2) is 0 Å². The van der Waals surface area contributed by atoms with Gasteiger partial charge in [0.1, 0.15) is 6.17 Å². The summed E-state index contributed by atoms with van der Waals surface area (Å²) in [6.45, 7) is 2.15. The minimum absolute atomic E-state index is 0.0887. The highest BCUT2D eigenvalue weighted by molar-refractivity contribution is 5.97. The van der Waals surface area contributed by atoms with Crippen molar-refractivity contribution in [2.75, 3.05) is 4.90 Å². The molecule has 0 aromatic heterocycles. The summed E-state index contributed by atoms with van der Waals surface area (Å²) in [7, 11) is 0. The van der Waals surface area contributed by atoms with Crippen LogP contribution >= 0.6 is 0 Å². The van der Waals surface area contributed by atoms with E-state index in [9.17, 15) is 0 Å². The smallest absolute Gasteiger partial charge is 0.147 e. The van der Waals surface area contributed by atoms with Crippen molar-refractivity contribution in [3.63, 3.8) is 0 Å². The number of hydrogen-bond acceptors (Lipinski definition) is 2. The van der Waals surface area contributed by atoms with Gasteiger partial charge in [0.15, 0.2) is 0 Å². The van der Waals surface area contributed by atoms with Gasteiger partial charge in [0.05, 0.1) is 6.04 Å². The molecule has 2 aliphatic rings. The Morgan fingerprint density at radius 2 is 1.91 bits per heavy atom. The minimum atomic E-state index is 0.0887. The zero-order chi connectivity index (χ0) is 14.9. The molecule has 4 rings (SSSR count). The molecule has 0 fully saturated rings. The standard InChI is InChI=1S/C20H20N2/c1-15-8-7-11-17(14-15)22-19-13-6-5-12-18(19)21-20(22)16-9-3-2-4-10-16/h2-4,6-11,13-14,19-20H,5,12H2,1H3. The van der Waals surface area contributed by atoms with Crippen LogP contribution in [0, 0.1) is 6.92 Å². The Morgan fingerprint density at radius 1 is 1.05 bits per heavy atom. The topological polar surface area (TPSA) is 15.6 Å². The lowest BCUT2D eigenvalue weighted by atomic mass is 9.99. The molecular formula is C20H20N2.